The van der Waals surface area contributed by atoms with Crippen molar-refractivity contribution in [1.82, 2.24) is 5.32 Å². The molecule has 0 aliphatic carbocycles. The van der Waals surface area contributed by atoms with Crippen LogP contribution in [-0.2, 0) is 6.54 Å². The minimum absolute atomic E-state index is 0.0396. The topological polar surface area (TPSA) is 69.6 Å². The number of hydrogen-bond donors (Lipinski definition) is 3. The van der Waals surface area contributed by atoms with Gasteiger partial charge in [0.2, 0.25) is 0 Å². The fourth-order valence-electron chi connectivity index (χ4n) is 2.54. The largest absolute Gasteiger partial charge is 0.488 e. The molecule has 0 spiro atoms. The molecule has 2 aromatic carbocycles. The molecule has 1 aliphatic rings. The van der Waals surface area contributed by atoms with E-state index in [0.29, 0.717) is 17.6 Å². The van der Waals surface area contributed by atoms with E-state index in [1.165, 1.54) is 0 Å². The Kier molecular flexibility index (Phi) is 3.08. The van der Waals surface area contributed by atoms with Gasteiger partial charge in [-0.3, -0.25) is 4.79 Å². The molecule has 3 rings (SSSR count). The maximum Gasteiger partial charge on any atom is 0.488 e. The number of carbonyl (C=O) groups excluding carboxylic acids is 1. The summed E-state index contributed by atoms with van der Waals surface area (Å²) in [4.78, 5) is 11.5. The van der Waals surface area contributed by atoms with E-state index < -0.39 is 7.12 Å². The van der Waals surface area contributed by atoms with Crippen LogP contribution in [0.4, 0.5) is 0 Å². The SMILES string of the molecule is Cc1cc(B(O)O)cc(-c2ccc3c(c2)CNC3=O)c1. The molecule has 0 aromatic heterocycles. The van der Waals surface area contributed by atoms with E-state index in [1.807, 2.05) is 31.2 Å². The van der Waals surface area contributed by atoms with Crippen LogP contribution in [0.1, 0.15) is 21.5 Å². The Morgan fingerprint density at radius 3 is 2.65 bits per heavy atom. The van der Waals surface area contributed by atoms with Crippen LogP contribution in [0.25, 0.3) is 11.1 Å². The molecule has 1 aliphatic heterocycles. The third kappa shape index (κ3) is 2.22. The Morgan fingerprint density at radius 2 is 1.90 bits per heavy atom. The highest BCUT2D eigenvalue weighted by molar-refractivity contribution is 6.58. The zero-order chi connectivity index (χ0) is 14.3. The summed E-state index contributed by atoms with van der Waals surface area (Å²) in [6, 6.07) is 11.1. The van der Waals surface area contributed by atoms with E-state index in [4.69, 9.17) is 0 Å². The number of amides is 1. The second-order valence-electron chi connectivity index (χ2n) is 5.06. The Balaban J connectivity index is 2.08. The first kappa shape index (κ1) is 12.9. The van der Waals surface area contributed by atoms with Crippen molar-refractivity contribution < 1.29 is 14.8 Å². The molecular weight excluding hydrogens is 253 g/mol. The van der Waals surface area contributed by atoms with Gasteiger partial charge in [-0.25, -0.2) is 0 Å². The standard InChI is InChI=1S/C15H14BNO3/c1-9-4-11(7-13(5-9)16(19)20)10-2-3-14-12(6-10)8-17-15(14)18/h2-7,19-20H,8H2,1H3,(H,17,18). The molecule has 1 heterocycles. The third-order valence-electron chi connectivity index (χ3n) is 3.52. The van der Waals surface area contributed by atoms with Crippen molar-refractivity contribution in [2.24, 2.45) is 0 Å². The van der Waals surface area contributed by atoms with Crippen molar-refractivity contribution in [3.8, 4) is 11.1 Å². The summed E-state index contributed by atoms with van der Waals surface area (Å²) < 4.78 is 0. The zero-order valence-corrected chi connectivity index (χ0v) is 11.1. The first-order valence-corrected chi connectivity index (χ1v) is 6.44. The van der Waals surface area contributed by atoms with Gasteiger partial charge in [-0.1, -0.05) is 29.8 Å². The van der Waals surface area contributed by atoms with Gasteiger partial charge in [0.15, 0.2) is 0 Å². The first-order chi connectivity index (χ1) is 9.54. The minimum atomic E-state index is -1.48. The molecule has 0 bridgehead atoms. The fraction of sp³-hybridized carbons (Fsp3) is 0.133. The van der Waals surface area contributed by atoms with Crippen molar-refractivity contribution in [2.45, 2.75) is 13.5 Å². The Morgan fingerprint density at radius 1 is 1.10 bits per heavy atom. The molecule has 0 radical (unpaired) electrons. The summed E-state index contributed by atoms with van der Waals surface area (Å²) >= 11 is 0. The summed E-state index contributed by atoms with van der Waals surface area (Å²) in [5.74, 6) is -0.0396. The maximum atomic E-state index is 11.5. The van der Waals surface area contributed by atoms with Crippen molar-refractivity contribution in [3.63, 3.8) is 0 Å². The highest BCUT2D eigenvalue weighted by atomic mass is 16.4. The highest BCUT2D eigenvalue weighted by Gasteiger charge is 2.19. The predicted molar refractivity (Wildman–Crippen MR) is 77.6 cm³/mol. The van der Waals surface area contributed by atoms with E-state index in [0.717, 1.165) is 22.3 Å². The summed E-state index contributed by atoms with van der Waals surface area (Å²) in [7, 11) is -1.48. The molecule has 5 heteroatoms. The van der Waals surface area contributed by atoms with Gasteiger partial charge in [0, 0.05) is 12.1 Å². The van der Waals surface area contributed by atoms with Gasteiger partial charge in [-0.2, -0.15) is 0 Å². The lowest BCUT2D eigenvalue weighted by Crippen LogP contribution is -2.30. The lowest BCUT2D eigenvalue weighted by atomic mass is 9.78. The molecular formula is C15H14BNO3. The van der Waals surface area contributed by atoms with Gasteiger partial charge in [0.1, 0.15) is 0 Å². The van der Waals surface area contributed by atoms with Crippen LogP contribution in [0.2, 0.25) is 0 Å². The maximum absolute atomic E-state index is 11.5. The third-order valence-corrected chi connectivity index (χ3v) is 3.52. The fourth-order valence-corrected chi connectivity index (χ4v) is 2.54. The second kappa shape index (κ2) is 4.78. The number of benzene rings is 2. The zero-order valence-electron chi connectivity index (χ0n) is 11.1. The molecule has 2 aromatic rings. The number of fused-ring (bicyclic) bond motifs is 1. The van der Waals surface area contributed by atoms with Gasteiger partial charge in [-0.05, 0) is 41.2 Å². The van der Waals surface area contributed by atoms with Gasteiger partial charge in [0.25, 0.3) is 5.91 Å². The van der Waals surface area contributed by atoms with Gasteiger partial charge in [-0.15, -0.1) is 0 Å². The molecule has 20 heavy (non-hydrogen) atoms. The van der Waals surface area contributed by atoms with Crippen LogP contribution < -0.4 is 10.8 Å². The molecule has 0 saturated heterocycles. The van der Waals surface area contributed by atoms with E-state index in [2.05, 4.69) is 5.32 Å². The van der Waals surface area contributed by atoms with Crippen molar-refractivity contribution >= 4 is 18.5 Å². The molecule has 4 nitrogen and oxygen atoms in total. The van der Waals surface area contributed by atoms with E-state index >= 15 is 0 Å². The van der Waals surface area contributed by atoms with Crippen molar-refractivity contribution in [3.05, 3.63) is 53.1 Å². The lowest BCUT2D eigenvalue weighted by molar-refractivity contribution is 0.0965. The molecule has 0 fully saturated rings. The van der Waals surface area contributed by atoms with Crippen LogP contribution in [0.15, 0.2) is 36.4 Å². The molecule has 100 valence electrons. The van der Waals surface area contributed by atoms with Crippen molar-refractivity contribution in [2.75, 3.05) is 0 Å². The Bertz CT molecular complexity index is 698. The summed E-state index contributed by atoms with van der Waals surface area (Å²) in [6.07, 6.45) is 0. The van der Waals surface area contributed by atoms with Crippen LogP contribution >= 0.6 is 0 Å². The average Bonchev–Trinajstić information content (AvgIpc) is 2.79. The Hall–Kier alpha value is -2.11. The van der Waals surface area contributed by atoms with Gasteiger partial charge >= 0.3 is 7.12 Å². The smallest absolute Gasteiger partial charge is 0.423 e. The molecule has 0 atom stereocenters. The number of aryl methyl sites for hydroxylation is 1. The first-order valence-electron chi connectivity index (χ1n) is 6.44. The molecule has 0 saturated carbocycles. The Labute approximate surface area is 117 Å². The monoisotopic (exact) mass is 267 g/mol. The molecule has 0 unspecified atom stereocenters. The van der Waals surface area contributed by atoms with Crippen molar-refractivity contribution in [1.29, 1.82) is 0 Å². The van der Waals surface area contributed by atoms with Gasteiger partial charge < -0.3 is 15.4 Å². The van der Waals surface area contributed by atoms with Gasteiger partial charge in [0.05, 0.1) is 0 Å². The van der Waals surface area contributed by atoms with Crippen LogP contribution in [0, 0.1) is 6.92 Å². The van der Waals surface area contributed by atoms with Crippen LogP contribution in [0.5, 0.6) is 0 Å². The van der Waals surface area contributed by atoms with E-state index in [-0.39, 0.29) is 5.91 Å². The number of hydrogen-bond acceptors (Lipinski definition) is 3. The number of carbonyl (C=O) groups is 1. The van der Waals surface area contributed by atoms with E-state index in [9.17, 15) is 14.8 Å². The summed E-state index contributed by atoms with van der Waals surface area (Å²) in [5, 5.41) is 21.4. The van der Waals surface area contributed by atoms with Crippen LogP contribution in [0.3, 0.4) is 0 Å². The lowest BCUT2D eigenvalue weighted by Gasteiger charge is -2.08. The summed E-state index contributed by atoms with van der Waals surface area (Å²) in [5.41, 5.74) is 4.99. The minimum Gasteiger partial charge on any atom is -0.423 e. The predicted octanol–water partition coefficient (Wildman–Crippen LogP) is 0.585. The second-order valence-corrected chi connectivity index (χ2v) is 5.06. The number of nitrogens with one attached hydrogen (secondary N) is 1. The number of rotatable bonds is 2. The summed E-state index contributed by atoms with van der Waals surface area (Å²) in [6.45, 7) is 2.46. The molecule has 3 N–H and O–H groups in total. The quantitative estimate of drug-likeness (QED) is 0.697. The average molecular weight is 267 g/mol. The normalized spacial score (nSPS) is 13.1. The van der Waals surface area contributed by atoms with E-state index in [1.54, 1.807) is 12.1 Å². The van der Waals surface area contributed by atoms with Crippen LogP contribution in [-0.4, -0.2) is 23.1 Å². The highest BCUT2D eigenvalue weighted by Crippen LogP contribution is 2.25. The molecule has 1 amide bonds.